The topological polar surface area (TPSA) is 29.3 Å². The number of nitrogens with zero attached hydrogens (tertiary/aromatic N) is 1. The summed E-state index contributed by atoms with van der Waals surface area (Å²) in [5.74, 6) is 0.866. The largest absolute Gasteiger partial charge is 0.329 e. The monoisotopic (exact) mass is 258 g/mol. The fraction of sp³-hybridized carbons (Fsp3) is 0.647. The van der Waals surface area contributed by atoms with Gasteiger partial charge >= 0.3 is 0 Å². The van der Waals surface area contributed by atoms with Crippen molar-refractivity contribution < 1.29 is 0 Å². The molecule has 0 spiro atoms. The Morgan fingerprint density at radius 1 is 1.21 bits per heavy atom. The molecule has 1 aromatic carbocycles. The predicted octanol–water partition coefficient (Wildman–Crippen LogP) is 2.60. The summed E-state index contributed by atoms with van der Waals surface area (Å²) in [6, 6.07) is 9.55. The third kappa shape index (κ3) is 2.21. The van der Waals surface area contributed by atoms with Crippen molar-refractivity contribution in [2.24, 2.45) is 11.7 Å². The number of nitrogens with two attached hydrogens (primary N) is 1. The van der Waals surface area contributed by atoms with E-state index < -0.39 is 0 Å². The molecule has 0 aromatic heterocycles. The second kappa shape index (κ2) is 4.92. The van der Waals surface area contributed by atoms with Crippen LogP contribution in [0.2, 0.25) is 0 Å². The summed E-state index contributed by atoms with van der Waals surface area (Å²) >= 11 is 0. The highest BCUT2D eigenvalue weighted by Gasteiger charge is 2.44. The van der Waals surface area contributed by atoms with Gasteiger partial charge in [-0.3, -0.25) is 4.90 Å². The van der Waals surface area contributed by atoms with Gasteiger partial charge in [0, 0.05) is 18.1 Å². The van der Waals surface area contributed by atoms with Gasteiger partial charge in [0.2, 0.25) is 0 Å². The van der Waals surface area contributed by atoms with Crippen molar-refractivity contribution in [1.29, 1.82) is 0 Å². The molecule has 2 nitrogen and oxygen atoms in total. The highest BCUT2D eigenvalue weighted by atomic mass is 15.2. The van der Waals surface area contributed by atoms with Crippen molar-refractivity contribution in [2.75, 3.05) is 13.1 Å². The number of hydrogen-bond donors (Lipinski definition) is 1. The fourth-order valence-electron chi connectivity index (χ4n) is 4.25. The van der Waals surface area contributed by atoms with Gasteiger partial charge in [-0.1, -0.05) is 31.2 Å². The first-order valence-electron chi connectivity index (χ1n) is 7.68. The van der Waals surface area contributed by atoms with Gasteiger partial charge in [0.1, 0.15) is 0 Å². The number of likely N-dealkylation sites (tertiary alicyclic amines) is 1. The summed E-state index contributed by atoms with van der Waals surface area (Å²) in [5.41, 5.74) is 9.44. The van der Waals surface area contributed by atoms with Crippen LogP contribution in [-0.4, -0.2) is 29.6 Å². The first-order chi connectivity index (χ1) is 9.14. The Hall–Kier alpha value is -0.860. The highest BCUT2D eigenvalue weighted by Crippen LogP contribution is 2.38. The Kier molecular flexibility index (Phi) is 3.40. The Bertz CT molecular complexity index is 429. The summed E-state index contributed by atoms with van der Waals surface area (Å²) in [6.45, 7) is 6.76. The van der Waals surface area contributed by atoms with Gasteiger partial charge in [0.15, 0.2) is 0 Å². The van der Waals surface area contributed by atoms with Crippen molar-refractivity contribution in [3.63, 3.8) is 0 Å². The van der Waals surface area contributed by atoms with E-state index in [-0.39, 0.29) is 5.54 Å². The lowest BCUT2D eigenvalue weighted by Gasteiger charge is -2.48. The minimum absolute atomic E-state index is 0.184. The molecule has 1 fully saturated rings. The van der Waals surface area contributed by atoms with Crippen molar-refractivity contribution in [3.05, 3.63) is 35.4 Å². The van der Waals surface area contributed by atoms with Gasteiger partial charge in [0.25, 0.3) is 0 Å². The normalized spacial score (nSPS) is 30.3. The van der Waals surface area contributed by atoms with Crippen LogP contribution in [0.25, 0.3) is 0 Å². The van der Waals surface area contributed by atoms with E-state index in [0.717, 1.165) is 25.3 Å². The van der Waals surface area contributed by atoms with E-state index in [9.17, 15) is 0 Å². The van der Waals surface area contributed by atoms with Crippen LogP contribution in [0.5, 0.6) is 0 Å². The van der Waals surface area contributed by atoms with Gasteiger partial charge in [0.05, 0.1) is 0 Å². The molecule has 2 N–H and O–H groups in total. The van der Waals surface area contributed by atoms with Crippen LogP contribution in [0, 0.1) is 5.92 Å². The van der Waals surface area contributed by atoms with Crippen molar-refractivity contribution >= 4 is 0 Å². The quantitative estimate of drug-likeness (QED) is 0.883. The highest BCUT2D eigenvalue weighted by molar-refractivity contribution is 5.37. The number of rotatable bonds is 2. The van der Waals surface area contributed by atoms with Gasteiger partial charge in [-0.2, -0.15) is 0 Å². The molecule has 2 heteroatoms. The van der Waals surface area contributed by atoms with Crippen molar-refractivity contribution in [1.82, 2.24) is 4.90 Å². The third-order valence-electron chi connectivity index (χ3n) is 5.28. The summed E-state index contributed by atoms with van der Waals surface area (Å²) in [4.78, 5) is 2.72. The Morgan fingerprint density at radius 2 is 1.84 bits per heavy atom. The molecule has 3 rings (SSSR count). The number of benzene rings is 1. The first-order valence-corrected chi connectivity index (χ1v) is 7.68. The van der Waals surface area contributed by atoms with Gasteiger partial charge < -0.3 is 5.73 Å². The van der Waals surface area contributed by atoms with Gasteiger partial charge in [-0.05, 0) is 56.2 Å². The van der Waals surface area contributed by atoms with Crippen LogP contribution in [-0.2, 0) is 12.8 Å². The Morgan fingerprint density at radius 3 is 2.37 bits per heavy atom. The molecule has 104 valence electrons. The van der Waals surface area contributed by atoms with Crippen LogP contribution in [0.15, 0.2) is 24.3 Å². The van der Waals surface area contributed by atoms with E-state index in [1.165, 1.54) is 30.5 Å². The number of piperidine rings is 1. The van der Waals surface area contributed by atoms with E-state index in [1.54, 1.807) is 0 Å². The lowest BCUT2D eigenvalue weighted by molar-refractivity contribution is 0.0205. The smallest absolute Gasteiger partial charge is 0.0415 e. The summed E-state index contributed by atoms with van der Waals surface area (Å²) in [7, 11) is 0. The number of hydrogen-bond acceptors (Lipinski definition) is 2. The molecule has 1 aromatic rings. The zero-order valence-electron chi connectivity index (χ0n) is 12.2. The van der Waals surface area contributed by atoms with Gasteiger partial charge in [-0.25, -0.2) is 0 Å². The van der Waals surface area contributed by atoms with Crippen LogP contribution in [0.3, 0.4) is 0 Å². The molecule has 19 heavy (non-hydrogen) atoms. The molecule has 1 heterocycles. The minimum atomic E-state index is 0.184. The number of fused-ring (bicyclic) bond motifs is 1. The second-order valence-corrected chi connectivity index (χ2v) is 6.72. The summed E-state index contributed by atoms with van der Waals surface area (Å²) in [5, 5.41) is 0. The van der Waals surface area contributed by atoms with E-state index in [2.05, 4.69) is 43.0 Å². The predicted molar refractivity (Wildman–Crippen MR) is 80.2 cm³/mol. The molecule has 2 unspecified atom stereocenters. The average molecular weight is 258 g/mol. The van der Waals surface area contributed by atoms with Crippen LogP contribution >= 0.6 is 0 Å². The molecule has 0 bridgehead atoms. The lowest BCUT2D eigenvalue weighted by Crippen LogP contribution is -2.60. The Labute approximate surface area is 117 Å². The van der Waals surface area contributed by atoms with Crippen molar-refractivity contribution in [2.45, 2.75) is 51.1 Å². The zero-order valence-corrected chi connectivity index (χ0v) is 12.2. The summed E-state index contributed by atoms with van der Waals surface area (Å²) in [6.07, 6.45) is 4.91. The molecule has 0 radical (unpaired) electrons. The first kappa shape index (κ1) is 13.1. The fourth-order valence-corrected chi connectivity index (χ4v) is 4.25. The standard InChI is InChI=1S/C17H26N2/c1-13-7-8-19(14(2)9-13)17(12-18)10-15-5-3-4-6-16(15)11-17/h3-6,13-14H,7-12,18H2,1-2H3. The molecule has 1 aliphatic heterocycles. The maximum Gasteiger partial charge on any atom is 0.0415 e. The molecule has 0 saturated carbocycles. The van der Waals surface area contributed by atoms with Crippen LogP contribution < -0.4 is 5.73 Å². The molecule has 1 saturated heterocycles. The van der Waals surface area contributed by atoms with E-state index in [0.29, 0.717) is 6.04 Å². The maximum absolute atomic E-state index is 6.23. The van der Waals surface area contributed by atoms with E-state index in [4.69, 9.17) is 5.73 Å². The molecule has 0 amide bonds. The molecule has 2 atom stereocenters. The minimum Gasteiger partial charge on any atom is -0.329 e. The molecular formula is C17H26N2. The van der Waals surface area contributed by atoms with Crippen LogP contribution in [0.4, 0.5) is 0 Å². The average Bonchev–Trinajstić information content (AvgIpc) is 2.78. The van der Waals surface area contributed by atoms with E-state index in [1.807, 2.05) is 0 Å². The van der Waals surface area contributed by atoms with Crippen molar-refractivity contribution in [3.8, 4) is 0 Å². The third-order valence-corrected chi connectivity index (χ3v) is 5.28. The van der Waals surface area contributed by atoms with Crippen LogP contribution in [0.1, 0.15) is 37.8 Å². The lowest BCUT2D eigenvalue weighted by atomic mass is 9.85. The molecule has 1 aliphatic carbocycles. The SMILES string of the molecule is CC1CCN(C2(CN)Cc3ccccc3C2)C(C)C1. The Balaban J connectivity index is 1.86. The summed E-state index contributed by atoms with van der Waals surface area (Å²) < 4.78 is 0. The zero-order chi connectivity index (χ0) is 13.5. The van der Waals surface area contributed by atoms with Gasteiger partial charge in [-0.15, -0.1) is 0 Å². The maximum atomic E-state index is 6.23. The second-order valence-electron chi connectivity index (χ2n) is 6.72. The molecular weight excluding hydrogens is 232 g/mol. The molecule has 2 aliphatic rings. The van der Waals surface area contributed by atoms with E-state index >= 15 is 0 Å².